The Labute approximate surface area is 46.2 Å². The van der Waals surface area contributed by atoms with Gasteiger partial charge in [0.2, 0.25) is 0 Å². The summed E-state index contributed by atoms with van der Waals surface area (Å²) >= 11 is 0. The molecule has 1 radical (unpaired) electrons. The van der Waals surface area contributed by atoms with Gasteiger partial charge in [0.1, 0.15) is 0 Å². The van der Waals surface area contributed by atoms with E-state index in [1.165, 1.54) is 0 Å². The van der Waals surface area contributed by atoms with Gasteiger partial charge in [0.15, 0.2) is 0 Å². The van der Waals surface area contributed by atoms with Gasteiger partial charge in [-0.2, -0.15) is 0 Å². The van der Waals surface area contributed by atoms with Crippen LogP contribution in [-0.4, -0.2) is 19.6 Å². The van der Waals surface area contributed by atoms with Crippen LogP contribution in [0.5, 0.6) is 0 Å². The Kier molecular flexibility index (Phi) is 3.76. The molecule has 7 heavy (non-hydrogen) atoms. The van der Waals surface area contributed by atoms with E-state index in [0.29, 0.717) is 0 Å². The van der Waals surface area contributed by atoms with Crippen LogP contribution in [0.3, 0.4) is 0 Å². The molecule has 0 aliphatic carbocycles. The summed E-state index contributed by atoms with van der Waals surface area (Å²) in [6.45, 7) is 4.99. The topological polar surface area (TPSA) is 12.0 Å². The molecule has 0 spiro atoms. The molecule has 0 aliphatic rings. The van der Waals surface area contributed by atoms with Gasteiger partial charge < -0.3 is 0 Å². The zero-order chi connectivity index (χ0) is 5.70. The molecule has 1 nitrogen and oxygen atoms in total. The Morgan fingerprint density at radius 3 is 2.29 bits per heavy atom. The summed E-state index contributed by atoms with van der Waals surface area (Å²) in [5.74, 6) is 0. The maximum absolute atomic E-state index is 5.39. The molecule has 0 aliphatic heterocycles. The van der Waals surface area contributed by atoms with Crippen molar-refractivity contribution in [2.75, 3.05) is 6.54 Å². The van der Waals surface area contributed by atoms with E-state index in [9.17, 15) is 0 Å². The van der Waals surface area contributed by atoms with Crippen LogP contribution in [0.25, 0.3) is 0 Å². The van der Waals surface area contributed by atoms with Crippen molar-refractivity contribution in [2.24, 2.45) is 0 Å². The van der Waals surface area contributed by atoms with Crippen LogP contribution in [0.15, 0.2) is 0 Å². The first kappa shape index (κ1) is 6.73. The first-order valence-corrected chi connectivity index (χ1v) is 2.66. The molecule has 39 valence electrons. The molecule has 0 aromatic rings. The zero-order valence-corrected chi connectivity index (χ0v) is 4.99. The van der Waals surface area contributed by atoms with Gasteiger partial charge in [0.05, 0.1) is 0 Å². The van der Waals surface area contributed by atoms with E-state index in [0.717, 1.165) is 18.6 Å². The second kappa shape index (κ2) is 3.91. The Bertz CT molecular complexity index is 61.1. The summed E-state index contributed by atoms with van der Waals surface area (Å²) < 4.78 is 0. The molecule has 0 amide bonds. The molecule has 0 heterocycles. The summed E-state index contributed by atoms with van der Waals surface area (Å²) in [7, 11) is 5.39. The van der Waals surface area contributed by atoms with E-state index in [1.54, 1.807) is 0 Å². The van der Waals surface area contributed by atoms with Crippen LogP contribution in [0, 0.1) is 0 Å². The molecule has 0 saturated heterocycles. The van der Waals surface area contributed by atoms with Crippen molar-refractivity contribution in [3.05, 3.63) is 0 Å². The molecule has 0 aromatic carbocycles. The Morgan fingerprint density at radius 2 is 2.14 bits per heavy atom. The summed E-state index contributed by atoms with van der Waals surface area (Å²) in [5, 5.41) is 2.99. The fourth-order valence-corrected chi connectivity index (χ4v) is 0.352. The maximum atomic E-state index is 5.39. The molecule has 0 aromatic heterocycles. The molecule has 0 saturated carbocycles. The molecule has 0 atom stereocenters. The van der Waals surface area contributed by atoms with Crippen LogP contribution < -0.4 is 5.32 Å². The molecular weight excluding hydrogens is 84.9 g/mol. The third kappa shape index (κ3) is 3.57. The number of hydrogen-bond acceptors (Lipinski definition) is 1. The van der Waals surface area contributed by atoms with E-state index >= 15 is 0 Å². The van der Waals surface area contributed by atoms with Gasteiger partial charge in [-0.05, 0) is 0 Å². The molecule has 0 fully saturated rings. The van der Waals surface area contributed by atoms with Crippen molar-refractivity contribution in [1.29, 1.82) is 0 Å². The van der Waals surface area contributed by atoms with E-state index < -0.39 is 0 Å². The fraction of sp³-hybridized carbons (Fsp3) is 0.800. The zero-order valence-electron chi connectivity index (χ0n) is 4.99. The van der Waals surface area contributed by atoms with Gasteiger partial charge in [-0.15, -0.1) is 0 Å². The normalized spacial score (nSPS) is 8.14. The second-order valence-electron chi connectivity index (χ2n) is 1.41. The van der Waals surface area contributed by atoms with Gasteiger partial charge >= 0.3 is 45.2 Å². The summed E-state index contributed by atoms with van der Waals surface area (Å²) in [6.07, 6.45) is 0.924. The van der Waals surface area contributed by atoms with Crippen LogP contribution in [0.2, 0.25) is 0 Å². The number of hydrogen-bond donors (Lipinski definition) is 1. The minimum atomic E-state index is 0.877. The van der Waals surface area contributed by atoms with Crippen LogP contribution in [-0.2, 0) is 0 Å². The quantitative estimate of drug-likeness (QED) is 0.498. The summed E-state index contributed by atoms with van der Waals surface area (Å²) in [4.78, 5) is 0. The van der Waals surface area contributed by atoms with Gasteiger partial charge in [0.25, 0.3) is 0 Å². The average molecular weight is 96.0 g/mol. The van der Waals surface area contributed by atoms with Crippen LogP contribution >= 0.6 is 0 Å². The fourth-order valence-electron chi connectivity index (χ4n) is 0.352. The van der Waals surface area contributed by atoms with Gasteiger partial charge in [-0.3, -0.25) is 0 Å². The Balaban J connectivity index is 3.00. The third-order valence-electron chi connectivity index (χ3n) is 0.785. The first-order chi connectivity index (χ1) is 3.31. The predicted octanol–water partition coefficient (Wildman–Crippen LogP) is 0.304. The molecule has 0 bridgehead atoms. The summed E-state index contributed by atoms with van der Waals surface area (Å²) in [6, 6.07) is 0. The van der Waals surface area contributed by atoms with E-state index in [2.05, 4.69) is 5.32 Å². The van der Waals surface area contributed by atoms with Gasteiger partial charge in [-0.1, -0.05) is 0 Å². The van der Waals surface area contributed by atoms with Gasteiger partial charge in [0, 0.05) is 0 Å². The van der Waals surface area contributed by atoms with Crippen molar-refractivity contribution >= 4 is 13.1 Å². The molecule has 0 rings (SSSR count). The van der Waals surface area contributed by atoms with Crippen molar-refractivity contribution in [3.63, 3.8) is 0 Å². The van der Waals surface area contributed by atoms with Crippen molar-refractivity contribution in [3.8, 4) is 0 Å². The first-order valence-electron chi connectivity index (χ1n) is 2.66. The van der Waals surface area contributed by atoms with E-state index in [4.69, 9.17) is 7.49 Å². The second-order valence-corrected chi connectivity index (χ2v) is 1.41. The molecular formula is C5H11BN. The van der Waals surface area contributed by atoms with E-state index in [1.807, 2.05) is 13.8 Å². The SMILES string of the molecule is [B]=C(CC)NCC. The van der Waals surface area contributed by atoms with Crippen molar-refractivity contribution < 1.29 is 0 Å². The van der Waals surface area contributed by atoms with Crippen LogP contribution in [0.1, 0.15) is 20.3 Å². The molecule has 1 N–H and O–H groups in total. The Morgan fingerprint density at radius 1 is 1.57 bits per heavy atom. The summed E-state index contributed by atoms with van der Waals surface area (Å²) in [5.41, 5.74) is 0.877. The number of nitrogens with one attached hydrogen (secondary N) is 1. The minimum absolute atomic E-state index is 0.877. The van der Waals surface area contributed by atoms with Crippen LogP contribution in [0.4, 0.5) is 0 Å². The van der Waals surface area contributed by atoms with Gasteiger partial charge in [-0.25, -0.2) is 0 Å². The van der Waals surface area contributed by atoms with E-state index in [-0.39, 0.29) is 0 Å². The third-order valence-corrected chi connectivity index (χ3v) is 0.785. The standard InChI is InChI=1S/C5H11BN/c1-3-5(6)7-4-2/h7H,3-4H2,1-2H3. The Hall–Kier alpha value is -0.265. The average Bonchev–Trinajstić information content (AvgIpc) is 1.68. The van der Waals surface area contributed by atoms with Crippen molar-refractivity contribution in [1.82, 2.24) is 5.32 Å². The monoisotopic (exact) mass is 96.1 g/mol. The molecule has 2 heteroatoms. The van der Waals surface area contributed by atoms with Crippen molar-refractivity contribution in [2.45, 2.75) is 20.3 Å². The number of rotatable bonds is 3. The molecule has 0 unspecified atom stereocenters. The predicted molar refractivity (Wildman–Crippen MR) is 34.7 cm³/mol.